The summed E-state index contributed by atoms with van der Waals surface area (Å²) < 4.78 is 27.3. The molecule has 116 valence electrons. The maximum atomic E-state index is 12.4. The highest BCUT2D eigenvalue weighted by Crippen LogP contribution is 2.20. The summed E-state index contributed by atoms with van der Waals surface area (Å²) in [6.45, 7) is 0. The van der Waals surface area contributed by atoms with Gasteiger partial charge in [0.25, 0.3) is 0 Å². The lowest BCUT2D eigenvalue weighted by Crippen LogP contribution is -2.42. The standard InChI is InChI=1S/C14H20N2O3S2/c15-14(20)10-6-8-11(9-7-10)21(18,19)16-12-4-2-1-3-5-13(12)17/h6-9,12-13,16-17H,1-5H2,(H2,15,20). The highest BCUT2D eigenvalue weighted by Gasteiger charge is 2.27. The SMILES string of the molecule is NC(=S)c1ccc(S(=O)(=O)NC2CCCCCC2O)cc1. The Morgan fingerprint density at radius 3 is 2.43 bits per heavy atom. The molecule has 1 aliphatic rings. The van der Waals surface area contributed by atoms with E-state index in [4.69, 9.17) is 18.0 Å². The summed E-state index contributed by atoms with van der Waals surface area (Å²) in [4.78, 5) is 0.380. The van der Waals surface area contributed by atoms with Gasteiger partial charge in [-0.2, -0.15) is 0 Å². The van der Waals surface area contributed by atoms with E-state index in [0.717, 1.165) is 19.3 Å². The van der Waals surface area contributed by atoms with Gasteiger partial charge in [-0.3, -0.25) is 0 Å². The van der Waals surface area contributed by atoms with Crippen LogP contribution in [0.4, 0.5) is 0 Å². The van der Waals surface area contributed by atoms with E-state index in [-0.39, 0.29) is 9.88 Å². The lowest BCUT2D eigenvalue weighted by molar-refractivity contribution is 0.130. The number of hydrogen-bond acceptors (Lipinski definition) is 4. The molecule has 1 aromatic rings. The van der Waals surface area contributed by atoms with E-state index in [1.54, 1.807) is 12.1 Å². The Morgan fingerprint density at radius 2 is 1.81 bits per heavy atom. The topological polar surface area (TPSA) is 92.4 Å². The van der Waals surface area contributed by atoms with Gasteiger partial charge in [0.15, 0.2) is 0 Å². The minimum absolute atomic E-state index is 0.152. The second-order valence-electron chi connectivity index (χ2n) is 5.32. The molecule has 7 heteroatoms. The number of sulfonamides is 1. The van der Waals surface area contributed by atoms with Crippen molar-refractivity contribution in [3.8, 4) is 0 Å². The Morgan fingerprint density at radius 1 is 1.19 bits per heavy atom. The predicted octanol–water partition coefficient (Wildman–Crippen LogP) is 1.29. The van der Waals surface area contributed by atoms with Gasteiger partial charge in [-0.15, -0.1) is 0 Å². The monoisotopic (exact) mass is 328 g/mol. The summed E-state index contributed by atoms with van der Waals surface area (Å²) >= 11 is 4.84. The van der Waals surface area contributed by atoms with E-state index in [9.17, 15) is 13.5 Å². The first kappa shape index (κ1) is 16.4. The summed E-state index contributed by atoms with van der Waals surface area (Å²) in [5.41, 5.74) is 6.11. The highest BCUT2D eigenvalue weighted by atomic mass is 32.2. The molecule has 0 aromatic heterocycles. The van der Waals surface area contributed by atoms with Crippen LogP contribution in [-0.4, -0.2) is 30.7 Å². The van der Waals surface area contributed by atoms with Gasteiger partial charge in [-0.25, -0.2) is 13.1 Å². The molecule has 2 atom stereocenters. The van der Waals surface area contributed by atoms with Crippen LogP contribution in [0.5, 0.6) is 0 Å². The molecule has 2 unspecified atom stereocenters. The van der Waals surface area contributed by atoms with Crippen molar-refractivity contribution in [2.24, 2.45) is 5.73 Å². The molecule has 21 heavy (non-hydrogen) atoms. The molecule has 0 spiro atoms. The highest BCUT2D eigenvalue weighted by molar-refractivity contribution is 7.89. The molecule has 2 rings (SSSR count). The number of benzene rings is 1. The Kier molecular flexibility index (Phi) is 5.32. The Balaban J connectivity index is 2.15. The molecule has 1 fully saturated rings. The van der Waals surface area contributed by atoms with Crippen LogP contribution in [0, 0.1) is 0 Å². The van der Waals surface area contributed by atoms with Gasteiger partial charge in [0.2, 0.25) is 10.0 Å². The predicted molar refractivity (Wildman–Crippen MR) is 85.5 cm³/mol. The number of aliphatic hydroxyl groups is 1. The third-order valence-corrected chi connectivity index (χ3v) is 5.48. The molecule has 5 nitrogen and oxygen atoms in total. The Labute approximate surface area is 130 Å². The van der Waals surface area contributed by atoms with Crippen molar-refractivity contribution in [1.82, 2.24) is 4.72 Å². The van der Waals surface area contributed by atoms with Crippen LogP contribution in [0.15, 0.2) is 29.2 Å². The average molecular weight is 328 g/mol. The van der Waals surface area contributed by atoms with Crippen LogP contribution in [0.25, 0.3) is 0 Å². The Bertz CT molecular complexity index is 599. The van der Waals surface area contributed by atoms with Gasteiger partial charge < -0.3 is 10.8 Å². The number of nitrogens with one attached hydrogen (secondary N) is 1. The van der Waals surface area contributed by atoms with Crippen molar-refractivity contribution in [3.63, 3.8) is 0 Å². The van der Waals surface area contributed by atoms with Gasteiger partial charge in [-0.1, -0.05) is 43.6 Å². The van der Waals surface area contributed by atoms with Gasteiger partial charge in [-0.05, 0) is 25.0 Å². The molecule has 0 amide bonds. The fourth-order valence-corrected chi connectivity index (χ4v) is 3.93. The zero-order valence-electron chi connectivity index (χ0n) is 11.7. The van der Waals surface area contributed by atoms with Crippen molar-refractivity contribution in [2.45, 2.75) is 49.1 Å². The molecule has 4 N–H and O–H groups in total. The maximum absolute atomic E-state index is 12.4. The van der Waals surface area contributed by atoms with E-state index in [1.807, 2.05) is 0 Å². The molecule has 0 heterocycles. The fourth-order valence-electron chi connectivity index (χ4n) is 2.49. The molecule has 1 saturated carbocycles. The van der Waals surface area contributed by atoms with Crippen molar-refractivity contribution >= 4 is 27.2 Å². The molecule has 0 radical (unpaired) electrons. The number of nitrogens with two attached hydrogens (primary N) is 1. The van der Waals surface area contributed by atoms with Crippen LogP contribution in [0.3, 0.4) is 0 Å². The largest absolute Gasteiger partial charge is 0.391 e. The van der Waals surface area contributed by atoms with Gasteiger partial charge >= 0.3 is 0 Å². The zero-order valence-corrected chi connectivity index (χ0v) is 13.3. The smallest absolute Gasteiger partial charge is 0.240 e. The van der Waals surface area contributed by atoms with Crippen molar-refractivity contribution in [2.75, 3.05) is 0 Å². The van der Waals surface area contributed by atoms with E-state index in [2.05, 4.69) is 4.72 Å². The van der Waals surface area contributed by atoms with E-state index >= 15 is 0 Å². The molecule has 0 aliphatic heterocycles. The average Bonchev–Trinajstić information content (AvgIpc) is 2.64. The fraction of sp³-hybridized carbons (Fsp3) is 0.500. The van der Waals surface area contributed by atoms with Crippen LogP contribution in [0.2, 0.25) is 0 Å². The minimum atomic E-state index is -3.65. The van der Waals surface area contributed by atoms with Crippen molar-refractivity contribution in [1.29, 1.82) is 0 Å². The van der Waals surface area contributed by atoms with E-state index < -0.39 is 22.2 Å². The van der Waals surface area contributed by atoms with Crippen molar-refractivity contribution in [3.05, 3.63) is 29.8 Å². The third kappa shape index (κ3) is 4.23. The summed E-state index contributed by atoms with van der Waals surface area (Å²) in [6, 6.07) is 5.69. The summed E-state index contributed by atoms with van der Waals surface area (Å²) in [6.07, 6.45) is 3.54. The first-order chi connectivity index (χ1) is 9.90. The lowest BCUT2D eigenvalue weighted by Gasteiger charge is -2.21. The summed E-state index contributed by atoms with van der Waals surface area (Å²) in [5, 5.41) is 10.0. The van der Waals surface area contributed by atoms with Crippen LogP contribution in [-0.2, 0) is 10.0 Å². The summed E-state index contributed by atoms with van der Waals surface area (Å²) in [5.74, 6) is 0. The maximum Gasteiger partial charge on any atom is 0.240 e. The third-order valence-electron chi connectivity index (χ3n) is 3.74. The minimum Gasteiger partial charge on any atom is -0.391 e. The second kappa shape index (κ2) is 6.83. The number of rotatable bonds is 4. The van der Waals surface area contributed by atoms with E-state index in [0.29, 0.717) is 18.4 Å². The first-order valence-electron chi connectivity index (χ1n) is 7.00. The second-order valence-corrected chi connectivity index (χ2v) is 7.48. The molecule has 0 saturated heterocycles. The molecule has 1 aromatic carbocycles. The normalized spacial score (nSPS) is 23.5. The van der Waals surface area contributed by atoms with Gasteiger partial charge in [0, 0.05) is 11.6 Å². The van der Waals surface area contributed by atoms with Crippen molar-refractivity contribution < 1.29 is 13.5 Å². The van der Waals surface area contributed by atoms with Crippen LogP contribution >= 0.6 is 12.2 Å². The van der Waals surface area contributed by atoms with E-state index in [1.165, 1.54) is 12.1 Å². The van der Waals surface area contributed by atoms with Crippen LogP contribution in [0.1, 0.15) is 37.7 Å². The molecule has 1 aliphatic carbocycles. The quantitative estimate of drug-likeness (QED) is 0.572. The molecular formula is C14H20N2O3S2. The zero-order chi connectivity index (χ0) is 15.5. The first-order valence-corrected chi connectivity index (χ1v) is 8.89. The number of hydrogen-bond donors (Lipinski definition) is 3. The molecular weight excluding hydrogens is 308 g/mol. The summed E-state index contributed by atoms with van der Waals surface area (Å²) in [7, 11) is -3.65. The lowest BCUT2D eigenvalue weighted by atomic mass is 10.1. The van der Waals surface area contributed by atoms with Gasteiger partial charge in [0.1, 0.15) is 4.99 Å². The van der Waals surface area contributed by atoms with Crippen LogP contribution < -0.4 is 10.5 Å². The molecule has 0 bridgehead atoms. The van der Waals surface area contributed by atoms with Gasteiger partial charge in [0.05, 0.1) is 11.0 Å². The Hall–Kier alpha value is -1.02. The number of aliphatic hydroxyl groups excluding tert-OH is 1. The number of thiocarbonyl (C=S) groups is 1.